The smallest absolute Gasteiger partial charge is 0.253 e. The summed E-state index contributed by atoms with van der Waals surface area (Å²) in [6.45, 7) is 8.66. The zero-order valence-corrected chi connectivity index (χ0v) is 26.5. The Hall–Kier alpha value is -3.46. The number of rotatable bonds is 7. The average Bonchev–Trinajstić information content (AvgIpc) is 3.04. The number of carbonyl (C=O) groups excluding carboxylic acids is 1. The number of amides is 1. The molecule has 0 bridgehead atoms. The number of thioether (sulfide) groups is 1. The van der Waals surface area contributed by atoms with Crippen molar-refractivity contribution >= 4 is 58.1 Å². The van der Waals surface area contributed by atoms with E-state index in [-0.39, 0.29) is 5.91 Å². The van der Waals surface area contributed by atoms with Crippen LogP contribution in [0.3, 0.4) is 0 Å². The van der Waals surface area contributed by atoms with Gasteiger partial charge in [0.2, 0.25) is 0 Å². The Morgan fingerprint density at radius 1 is 0.767 bits per heavy atom. The van der Waals surface area contributed by atoms with E-state index in [1.807, 2.05) is 53.4 Å². The maximum atomic E-state index is 13.2. The van der Waals surface area contributed by atoms with E-state index in [1.54, 1.807) is 11.8 Å². The van der Waals surface area contributed by atoms with E-state index in [9.17, 15) is 4.79 Å². The Labute approximate surface area is 267 Å². The first-order chi connectivity index (χ1) is 20.9. The second-order valence-corrected chi connectivity index (χ2v) is 12.6. The fourth-order valence-corrected chi connectivity index (χ4v) is 6.84. The van der Waals surface area contributed by atoms with Gasteiger partial charge in [-0.05, 0) is 54.4 Å². The molecule has 3 heterocycles. The van der Waals surface area contributed by atoms with E-state index in [4.69, 9.17) is 28.2 Å². The van der Waals surface area contributed by atoms with Gasteiger partial charge in [-0.1, -0.05) is 71.4 Å². The normalized spacial score (nSPS) is 15.6. The molecule has 222 valence electrons. The molecule has 10 heteroatoms. The Morgan fingerprint density at radius 3 is 2.19 bits per heavy atom. The third kappa shape index (κ3) is 7.20. The SMILES string of the molecule is Cc1ccccc1N1CCN(C(=O)c2ccc(CSc3nc(Cl)cc(N4CCN(c5cccc(Cl)c5)CC4)n3)cc2)CC1. The van der Waals surface area contributed by atoms with Crippen LogP contribution in [-0.4, -0.2) is 73.1 Å². The molecule has 7 nitrogen and oxygen atoms in total. The Kier molecular flexibility index (Phi) is 9.26. The number of aromatic nitrogens is 2. The highest BCUT2D eigenvalue weighted by Gasteiger charge is 2.23. The van der Waals surface area contributed by atoms with Gasteiger partial charge in [0.05, 0.1) is 0 Å². The third-order valence-electron chi connectivity index (χ3n) is 8.03. The Morgan fingerprint density at radius 2 is 1.47 bits per heavy atom. The number of hydrogen-bond donors (Lipinski definition) is 0. The van der Waals surface area contributed by atoms with Crippen LogP contribution in [0.2, 0.25) is 10.2 Å². The average molecular weight is 634 g/mol. The van der Waals surface area contributed by atoms with Crippen LogP contribution in [0.15, 0.2) is 84.0 Å². The van der Waals surface area contributed by atoms with Crippen LogP contribution in [-0.2, 0) is 5.75 Å². The van der Waals surface area contributed by atoms with Crippen LogP contribution in [0.4, 0.5) is 17.2 Å². The van der Waals surface area contributed by atoms with Crippen molar-refractivity contribution in [1.82, 2.24) is 14.9 Å². The van der Waals surface area contributed by atoms with E-state index in [0.29, 0.717) is 16.1 Å². The molecule has 3 aromatic carbocycles. The van der Waals surface area contributed by atoms with E-state index in [0.717, 1.165) is 80.0 Å². The molecule has 2 aliphatic heterocycles. The molecule has 2 fully saturated rings. The van der Waals surface area contributed by atoms with Gasteiger partial charge in [0, 0.05) is 86.1 Å². The highest BCUT2D eigenvalue weighted by atomic mass is 35.5. The second kappa shape index (κ2) is 13.5. The van der Waals surface area contributed by atoms with Gasteiger partial charge >= 0.3 is 0 Å². The van der Waals surface area contributed by atoms with Gasteiger partial charge in [-0.25, -0.2) is 9.97 Å². The summed E-state index contributed by atoms with van der Waals surface area (Å²) in [7, 11) is 0. The highest BCUT2D eigenvalue weighted by molar-refractivity contribution is 7.98. The molecular weight excluding hydrogens is 599 g/mol. The first kappa shape index (κ1) is 29.6. The molecule has 0 saturated carbocycles. The predicted molar refractivity (Wildman–Crippen MR) is 178 cm³/mol. The summed E-state index contributed by atoms with van der Waals surface area (Å²) in [4.78, 5) is 31.4. The minimum absolute atomic E-state index is 0.0851. The molecule has 0 atom stereocenters. The molecular formula is C33H34Cl2N6OS. The maximum absolute atomic E-state index is 13.2. The molecule has 1 amide bonds. The van der Waals surface area contributed by atoms with Crippen molar-refractivity contribution in [3.8, 4) is 0 Å². The van der Waals surface area contributed by atoms with Crippen molar-refractivity contribution in [1.29, 1.82) is 0 Å². The standard InChI is InChI=1S/C33H34Cl2N6OS/c1-24-5-2-3-8-29(24)39-15-19-41(20-16-39)32(42)26-11-9-25(10-12-26)23-43-33-36-30(35)22-31(37-33)40-17-13-38(14-18-40)28-7-4-6-27(34)21-28/h2-12,21-22H,13-20,23H2,1H3. The van der Waals surface area contributed by atoms with Crippen molar-refractivity contribution in [3.63, 3.8) is 0 Å². The molecule has 43 heavy (non-hydrogen) atoms. The second-order valence-electron chi connectivity index (χ2n) is 10.8. The number of para-hydroxylation sites is 1. The molecule has 6 rings (SSSR count). The molecule has 0 N–H and O–H groups in total. The summed E-state index contributed by atoms with van der Waals surface area (Å²) in [6, 6.07) is 26.1. The Balaban J connectivity index is 1.01. The van der Waals surface area contributed by atoms with Crippen molar-refractivity contribution < 1.29 is 4.79 Å². The number of anilines is 3. The van der Waals surface area contributed by atoms with E-state index in [2.05, 4.69) is 56.9 Å². The summed E-state index contributed by atoms with van der Waals surface area (Å²) >= 11 is 14.1. The van der Waals surface area contributed by atoms with Crippen molar-refractivity contribution in [3.05, 3.63) is 106 Å². The number of piperazine rings is 2. The lowest BCUT2D eigenvalue weighted by Gasteiger charge is -2.36. The van der Waals surface area contributed by atoms with Gasteiger partial charge in [0.1, 0.15) is 11.0 Å². The summed E-state index contributed by atoms with van der Waals surface area (Å²) < 4.78 is 0. The van der Waals surface area contributed by atoms with Crippen LogP contribution in [0.5, 0.6) is 0 Å². The van der Waals surface area contributed by atoms with Crippen molar-refractivity contribution in [2.75, 3.05) is 67.1 Å². The summed E-state index contributed by atoms with van der Waals surface area (Å²) in [5, 5.41) is 1.83. The van der Waals surface area contributed by atoms with Gasteiger partial charge in [-0.2, -0.15) is 0 Å². The topological polar surface area (TPSA) is 55.8 Å². The van der Waals surface area contributed by atoms with Gasteiger partial charge < -0.3 is 19.6 Å². The van der Waals surface area contributed by atoms with E-state index in [1.165, 1.54) is 11.3 Å². The molecule has 0 spiro atoms. The molecule has 2 aliphatic rings. The monoisotopic (exact) mass is 632 g/mol. The van der Waals surface area contributed by atoms with Crippen LogP contribution < -0.4 is 14.7 Å². The van der Waals surface area contributed by atoms with E-state index >= 15 is 0 Å². The van der Waals surface area contributed by atoms with Gasteiger partial charge in [0.15, 0.2) is 5.16 Å². The number of nitrogens with zero attached hydrogens (tertiary/aromatic N) is 6. The van der Waals surface area contributed by atoms with Crippen LogP contribution in [0, 0.1) is 6.92 Å². The minimum atomic E-state index is 0.0851. The van der Waals surface area contributed by atoms with Gasteiger partial charge in [-0.15, -0.1) is 0 Å². The van der Waals surface area contributed by atoms with Crippen molar-refractivity contribution in [2.45, 2.75) is 17.8 Å². The Bertz CT molecular complexity index is 1570. The van der Waals surface area contributed by atoms with Gasteiger partial charge in [-0.3, -0.25) is 4.79 Å². The lowest BCUT2D eigenvalue weighted by atomic mass is 10.1. The van der Waals surface area contributed by atoms with Crippen molar-refractivity contribution in [2.24, 2.45) is 0 Å². The molecule has 0 radical (unpaired) electrons. The zero-order chi connectivity index (χ0) is 29.8. The first-order valence-electron chi connectivity index (χ1n) is 14.5. The number of halogens is 2. The predicted octanol–water partition coefficient (Wildman–Crippen LogP) is 6.67. The number of aryl methyl sites for hydroxylation is 1. The zero-order valence-electron chi connectivity index (χ0n) is 24.1. The lowest BCUT2D eigenvalue weighted by molar-refractivity contribution is 0.0747. The largest absolute Gasteiger partial charge is 0.368 e. The van der Waals surface area contributed by atoms with E-state index < -0.39 is 0 Å². The quantitative estimate of drug-likeness (QED) is 0.128. The number of carbonyl (C=O) groups is 1. The number of benzene rings is 3. The third-order valence-corrected chi connectivity index (χ3v) is 9.38. The maximum Gasteiger partial charge on any atom is 0.253 e. The molecule has 1 aromatic heterocycles. The van der Waals surface area contributed by atoms with Gasteiger partial charge in [0.25, 0.3) is 5.91 Å². The fraction of sp³-hybridized carbons (Fsp3) is 0.303. The molecule has 0 aliphatic carbocycles. The molecule has 4 aromatic rings. The fourth-order valence-electron chi connectivity index (χ4n) is 5.62. The van der Waals surface area contributed by atoms with Crippen LogP contribution in [0.1, 0.15) is 21.5 Å². The molecule has 0 unspecified atom stereocenters. The minimum Gasteiger partial charge on any atom is -0.368 e. The summed E-state index contributed by atoms with van der Waals surface area (Å²) in [5.74, 6) is 1.62. The first-order valence-corrected chi connectivity index (χ1v) is 16.3. The summed E-state index contributed by atoms with van der Waals surface area (Å²) in [5.41, 5.74) is 5.48. The van der Waals surface area contributed by atoms with Crippen LogP contribution >= 0.6 is 35.0 Å². The highest BCUT2D eigenvalue weighted by Crippen LogP contribution is 2.27. The summed E-state index contributed by atoms with van der Waals surface area (Å²) in [6.07, 6.45) is 0. The van der Waals surface area contributed by atoms with Crippen LogP contribution in [0.25, 0.3) is 0 Å². The lowest BCUT2D eigenvalue weighted by Crippen LogP contribution is -2.49. The molecule has 2 saturated heterocycles. The number of hydrogen-bond acceptors (Lipinski definition) is 7.